The Bertz CT molecular complexity index is 611. The van der Waals surface area contributed by atoms with Gasteiger partial charge in [-0.2, -0.15) is 5.26 Å². The van der Waals surface area contributed by atoms with E-state index in [1.807, 2.05) is 24.3 Å². The first-order valence-corrected chi connectivity index (χ1v) is 6.57. The predicted molar refractivity (Wildman–Crippen MR) is 74.5 cm³/mol. The highest BCUT2D eigenvalue weighted by atomic mass is 15.2. The van der Waals surface area contributed by atoms with Crippen molar-refractivity contribution in [3.8, 4) is 6.07 Å². The molecule has 1 N–H and O–H groups in total. The summed E-state index contributed by atoms with van der Waals surface area (Å²) in [7, 11) is 0. The highest BCUT2D eigenvalue weighted by molar-refractivity contribution is 5.79. The number of fused-ring (bicyclic) bond motifs is 1. The molecule has 1 saturated heterocycles. The molecule has 0 aliphatic carbocycles. The van der Waals surface area contributed by atoms with Crippen LogP contribution in [-0.2, 0) is 0 Å². The summed E-state index contributed by atoms with van der Waals surface area (Å²) in [5.41, 5.74) is 2.04. The maximum absolute atomic E-state index is 9.48. The number of aromatic nitrogens is 1. The molecule has 1 fully saturated rings. The molecule has 0 saturated carbocycles. The van der Waals surface area contributed by atoms with Crippen molar-refractivity contribution in [1.82, 2.24) is 15.2 Å². The number of rotatable bonds is 2. The lowest BCUT2D eigenvalue weighted by Gasteiger charge is -2.31. The Labute approximate surface area is 112 Å². The van der Waals surface area contributed by atoms with Gasteiger partial charge in [-0.05, 0) is 23.8 Å². The van der Waals surface area contributed by atoms with Crippen molar-refractivity contribution >= 4 is 10.9 Å². The number of nitrogens with zero attached hydrogens (tertiary/aromatic N) is 3. The normalized spacial score (nSPS) is 18.1. The Hall–Kier alpha value is -1.96. The van der Waals surface area contributed by atoms with E-state index in [-0.39, 0.29) is 6.04 Å². The molecular formula is C15H16N4. The van der Waals surface area contributed by atoms with Crippen molar-refractivity contribution in [3.63, 3.8) is 0 Å². The summed E-state index contributed by atoms with van der Waals surface area (Å²) in [4.78, 5) is 6.54. The molecule has 2 heterocycles. The minimum absolute atomic E-state index is 0.160. The summed E-state index contributed by atoms with van der Waals surface area (Å²) in [5, 5.41) is 13.9. The lowest BCUT2D eigenvalue weighted by atomic mass is 10.0. The first-order chi connectivity index (χ1) is 9.38. The average molecular weight is 252 g/mol. The van der Waals surface area contributed by atoms with Crippen LogP contribution in [0.1, 0.15) is 11.6 Å². The zero-order valence-electron chi connectivity index (χ0n) is 10.7. The van der Waals surface area contributed by atoms with Gasteiger partial charge in [-0.25, -0.2) is 0 Å². The van der Waals surface area contributed by atoms with Crippen molar-refractivity contribution < 1.29 is 0 Å². The number of piperazine rings is 1. The van der Waals surface area contributed by atoms with Gasteiger partial charge in [0.2, 0.25) is 0 Å². The Morgan fingerprint density at radius 1 is 1.26 bits per heavy atom. The molecule has 4 heteroatoms. The van der Waals surface area contributed by atoms with Crippen LogP contribution in [0.5, 0.6) is 0 Å². The summed E-state index contributed by atoms with van der Waals surface area (Å²) >= 11 is 0. The Morgan fingerprint density at radius 3 is 2.89 bits per heavy atom. The van der Waals surface area contributed by atoms with E-state index in [2.05, 4.69) is 27.3 Å². The Morgan fingerprint density at radius 2 is 2.11 bits per heavy atom. The van der Waals surface area contributed by atoms with Gasteiger partial charge >= 0.3 is 0 Å². The second-order valence-electron chi connectivity index (χ2n) is 4.77. The van der Waals surface area contributed by atoms with E-state index in [1.165, 1.54) is 0 Å². The Balaban J connectivity index is 1.94. The van der Waals surface area contributed by atoms with Gasteiger partial charge in [0.25, 0.3) is 0 Å². The first kappa shape index (κ1) is 12.1. The van der Waals surface area contributed by atoms with E-state index in [0.717, 1.165) is 42.6 Å². The molecule has 4 nitrogen and oxygen atoms in total. The van der Waals surface area contributed by atoms with E-state index in [1.54, 1.807) is 6.20 Å². The van der Waals surface area contributed by atoms with Crippen LogP contribution in [0.2, 0.25) is 0 Å². The van der Waals surface area contributed by atoms with Crippen molar-refractivity contribution in [1.29, 1.82) is 5.26 Å². The molecule has 2 aromatic rings. The van der Waals surface area contributed by atoms with Crippen molar-refractivity contribution in [2.45, 2.75) is 6.04 Å². The molecule has 1 aliphatic heterocycles. The summed E-state index contributed by atoms with van der Waals surface area (Å²) in [6, 6.07) is 12.3. The highest BCUT2D eigenvalue weighted by Gasteiger charge is 2.21. The van der Waals surface area contributed by atoms with Gasteiger partial charge in [-0.3, -0.25) is 9.88 Å². The molecular weight excluding hydrogens is 236 g/mol. The topological polar surface area (TPSA) is 52.0 Å². The molecule has 1 aromatic heterocycles. The van der Waals surface area contributed by atoms with Crippen molar-refractivity contribution in [2.75, 3.05) is 26.2 Å². The molecule has 1 unspecified atom stereocenters. The molecule has 19 heavy (non-hydrogen) atoms. The van der Waals surface area contributed by atoms with Crippen LogP contribution >= 0.6 is 0 Å². The van der Waals surface area contributed by atoms with Crippen LogP contribution in [0, 0.1) is 11.3 Å². The molecule has 1 aromatic carbocycles. The second kappa shape index (κ2) is 5.35. The van der Waals surface area contributed by atoms with Crippen LogP contribution in [0.25, 0.3) is 10.9 Å². The number of hydrogen-bond acceptors (Lipinski definition) is 4. The second-order valence-corrected chi connectivity index (χ2v) is 4.77. The monoisotopic (exact) mass is 252 g/mol. The lowest BCUT2D eigenvalue weighted by Crippen LogP contribution is -2.44. The van der Waals surface area contributed by atoms with Gasteiger partial charge in [0, 0.05) is 37.8 Å². The Kier molecular flexibility index (Phi) is 3.41. The minimum Gasteiger partial charge on any atom is -0.314 e. The van der Waals surface area contributed by atoms with Gasteiger partial charge in [0.05, 0.1) is 11.6 Å². The fraction of sp³-hybridized carbons (Fsp3) is 0.333. The maximum Gasteiger partial charge on any atom is 0.123 e. The maximum atomic E-state index is 9.48. The number of nitriles is 1. The van der Waals surface area contributed by atoms with Gasteiger partial charge in [-0.15, -0.1) is 0 Å². The SMILES string of the molecule is N#CC(c1ccc2ncccc2c1)N1CCNCC1. The number of pyridine rings is 1. The number of hydrogen-bond donors (Lipinski definition) is 1. The average Bonchev–Trinajstić information content (AvgIpc) is 2.49. The molecule has 1 atom stereocenters. The standard InChI is InChI=1S/C15H16N4/c16-11-15(19-8-6-17-7-9-19)13-3-4-14-12(10-13)2-1-5-18-14/h1-5,10,15,17H,6-9H2. The molecule has 0 radical (unpaired) electrons. The van der Waals surface area contributed by atoms with E-state index in [4.69, 9.17) is 0 Å². The highest BCUT2D eigenvalue weighted by Crippen LogP contribution is 2.23. The largest absolute Gasteiger partial charge is 0.314 e. The summed E-state index contributed by atoms with van der Waals surface area (Å²) in [5.74, 6) is 0. The van der Waals surface area contributed by atoms with Crippen LogP contribution in [0.3, 0.4) is 0 Å². The zero-order chi connectivity index (χ0) is 13.1. The first-order valence-electron chi connectivity index (χ1n) is 6.57. The molecule has 0 bridgehead atoms. The van der Waals surface area contributed by atoms with Crippen LogP contribution in [0.4, 0.5) is 0 Å². The zero-order valence-corrected chi connectivity index (χ0v) is 10.7. The fourth-order valence-corrected chi connectivity index (χ4v) is 2.57. The molecule has 1 aliphatic rings. The van der Waals surface area contributed by atoms with Crippen molar-refractivity contribution in [2.24, 2.45) is 0 Å². The molecule has 0 spiro atoms. The molecule has 96 valence electrons. The number of benzene rings is 1. The van der Waals surface area contributed by atoms with Gasteiger partial charge in [0.1, 0.15) is 6.04 Å². The molecule has 3 rings (SSSR count). The van der Waals surface area contributed by atoms with E-state index in [0.29, 0.717) is 0 Å². The quantitative estimate of drug-likeness (QED) is 0.884. The third-order valence-corrected chi connectivity index (χ3v) is 3.58. The predicted octanol–water partition coefficient (Wildman–Crippen LogP) is 1.70. The minimum atomic E-state index is -0.160. The molecule has 0 amide bonds. The van der Waals surface area contributed by atoms with Crippen LogP contribution in [0.15, 0.2) is 36.5 Å². The van der Waals surface area contributed by atoms with Gasteiger partial charge in [0.15, 0.2) is 0 Å². The van der Waals surface area contributed by atoms with Crippen LogP contribution < -0.4 is 5.32 Å². The summed E-state index contributed by atoms with van der Waals surface area (Å²) < 4.78 is 0. The van der Waals surface area contributed by atoms with Gasteiger partial charge < -0.3 is 5.32 Å². The third kappa shape index (κ3) is 2.43. The van der Waals surface area contributed by atoms with E-state index >= 15 is 0 Å². The third-order valence-electron chi connectivity index (χ3n) is 3.58. The van der Waals surface area contributed by atoms with Crippen molar-refractivity contribution in [3.05, 3.63) is 42.1 Å². The fourth-order valence-electron chi connectivity index (χ4n) is 2.57. The summed E-state index contributed by atoms with van der Waals surface area (Å²) in [6.07, 6.45) is 1.79. The smallest absolute Gasteiger partial charge is 0.123 e. The van der Waals surface area contributed by atoms with E-state index < -0.39 is 0 Å². The van der Waals surface area contributed by atoms with Crippen LogP contribution in [-0.4, -0.2) is 36.1 Å². The number of nitrogens with one attached hydrogen (secondary N) is 1. The lowest BCUT2D eigenvalue weighted by molar-refractivity contribution is 0.207. The van der Waals surface area contributed by atoms with Gasteiger partial charge in [-0.1, -0.05) is 12.1 Å². The summed E-state index contributed by atoms with van der Waals surface area (Å²) in [6.45, 7) is 3.74. The van der Waals surface area contributed by atoms with E-state index in [9.17, 15) is 5.26 Å².